The van der Waals surface area contributed by atoms with Gasteiger partial charge >= 0.3 is 0 Å². The molecule has 1 aromatic heterocycles. The third-order valence-corrected chi connectivity index (χ3v) is 4.18. The van der Waals surface area contributed by atoms with Gasteiger partial charge in [0.05, 0.1) is 6.54 Å². The minimum Gasteiger partial charge on any atom is -0.447 e. The minimum absolute atomic E-state index is 0.132. The maximum Gasteiger partial charge on any atom is 0.271 e. The van der Waals surface area contributed by atoms with Crippen LogP contribution in [0.2, 0.25) is 0 Å². The van der Waals surface area contributed by atoms with E-state index in [1.807, 2.05) is 0 Å². The Balaban J connectivity index is 2.06. The highest BCUT2D eigenvalue weighted by molar-refractivity contribution is 7.89. The standard InChI is InChI=1S/C15H20N2O3S/c1-10-4-5-11(2)14(8-10)12(3)17-9-13-6-7-15(20-13)21(16,18)19/h4-8,12,17H,9H2,1-3H3,(H2,16,18,19). The summed E-state index contributed by atoms with van der Waals surface area (Å²) < 4.78 is 27.5. The van der Waals surface area contributed by atoms with Crippen molar-refractivity contribution in [1.29, 1.82) is 0 Å². The lowest BCUT2D eigenvalue weighted by molar-refractivity contribution is 0.393. The number of rotatable bonds is 5. The van der Waals surface area contributed by atoms with E-state index in [0.717, 1.165) is 0 Å². The fourth-order valence-corrected chi connectivity index (χ4v) is 2.68. The van der Waals surface area contributed by atoms with E-state index < -0.39 is 10.0 Å². The predicted molar refractivity (Wildman–Crippen MR) is 81.3 cm³/mol. The maximum atomic E-state index is 11.2. The molecule has 0 amide bonds. The molecule has 2 rings (SSSR count). The lowest BCUT2D eigenvalue weighted by Gasteiger charge is -2.16. The van der Waals surface area contributed by atoms with E-state index in [-0.39, 0.29) is 11.1 Å². The highest BCUT2D eigenvalue weighted by atomic mass is 32.2. The third kappa shape index (κ3) is 3.93. The van der Waals surface area contributed by atoms with Crippen molar-refractivity contribution in [2.45, 2.75) is 38.5 Å². The van der Waals surface area contributed by atoms with Gasteiger partial charge in [0.25, 0.3) is 10.0 Å². The van der Waals surface area contributed by atoms with Crippen molar-refractivity contribution >= 4 is 10.0 Å². The van der Waals surface area contributed by atoms with Crippen LogP contribution in [0.25, 0.3) is 0 Å². The number of furan rings is 1. The van der Waals surface area contributed by atoms with Gasteiger partial charge in [-0.05, 0) is 44.0 Å². The van der Waals surface area contributed by atoms with Crippen LogP contribution in [0.15, 0.2) is 39.8 Å². The number of nitrogens with one attached hydrogen (secondary N) is 1. The van der Waals surface area contributed by atoms with Gasteiger partial charge in [-0.25, -0.2) is 13.6 Å². The van der Waals surface area contributed by atoms with Gasteiger partial charge in [0.1, 0.15) is 5.76 Å². The SMILES string of the molecule is Cc1ccc(C)c(C(C)NCc2ccc(S(N)(=O)=O)o2)c1. The monoisotopic (exact) mass is 308 g/mol. The van der Waals surface area contributed by atoms with E-state index in [1.54, 1.807) is 6.07 Å². The first-order chi connectivity index (χ1) is 9.77. The van der Waals surface area contributed by atoms with E-state index in [4.69, 9.17) is 9.56 Å². The molecular weight excluding hydrogens is 288 g/mol. The molecule has 1 atom stereocenters. The summed E-state index contributed by atoms with van der Waals surface area (Å²) in [6.07, 6.45) is 0. The van der Waals surface area contributed by atoms with Crippen LogP contribution >= 0.6 is 0 Å². The molecule has 1 unspecified atom stereocenters. The minimum atomic E-state index is -3.78. The quantitative estimate of drug-likeness (QED) is 0.888. The number of sulfonamides is 1. The van der Waals surface area contributed by atoms with E-state index in [0.29, 0.717) is 12.3 Å². The molecule has 0 radical (unpaired) electrons. The smallest absolute Gasteiger partial charge is 0.271 e. The van der Waals surface area contributed by atoms with E-state index >= 15 is 0 Å². The Labute approximate surface area is 125 Å². The second-order valence-corrected chi connectivity index (χ2v) is 6.72. The molecule has 0 bridgehead atoms. The molecule has 0 spiro atoms. The van der Waals surface area contributed by atoms with Gasteiger partial charge in [0.2, 0.25) is 5.09 Å². The van der Waals surface area contributed by atoms with Crippen LogP contribution in [0.3, 0.4) is 0 Å². The Morgan fingerprint density at radius 2 is 1.95 bits per heavy atom. The summed E-state index contributed by atoms with van der Waals surface area (Å²) in [5.74, 6) is 0.538. The molecule has 5 nitrogen and oxygen atoms in total. The van der Waals surface area contributed by atoms with E-state index in [9.17, 15) is 8.42 Å². The number of nitrogens with two attached hydrogens (primary N) is 1. The average Bonchev–Trinajstić information content (AvgIpc) is 2.87. The molecule has 21 heavy (non-hydrogen) atoms. The molecule has 0 saturated heterocycles. The molecule has 1 heterocycles. The molecule has 3 N–H and O–H groups in total. The van der Waals surface area contributed by atoms with Gasteiger partial charge in [-0.15, -0.1) is 0 Å². The molecule has 1 aromatic carbocycles. The number of benzene rings is 1. The van der Waals surface area contributed by atoms with Gasteiger partial charge < -0.3 is 9.73 Å². The van der Waals surface area contributed by atoms with Crippen LogP contribution in [0, 0.1) is 13.8 Å². The van der Waals surface area contributed by atoms with Crippen molar-refractivity contribution in [3.63, 3.8) is 0 Å². The summed E-state index contributed by atoms with van der Waals surface area (Å²) in [6.45, 7) is 6.62. The predicted octanol–water partition coefficient (Wildman–Crippen LogP) is 2.39. The highest BCUT2D eigenvalue weighted by Crippen LogP contribution is 2.20. The Kier molecular flexibility index (Phi) is 4.51. The lowest BCUT2D eigenvalue weighted by Crippen LogP contribution is -2.18. The second-order valence-electron chi connectivity index (χ2n) is 5.23. The molecule has 0 aliphatic carbocycles. The zero-order valence-corrected chi connectivity index (χ0v) is 13.2. The van der Waals surface area contributed by atoms with Crippen molar-refractivity contribution in [1.82, 2.24) is 5.32 Å². The fourth-order valence-electron chi connectivity index (χ4n) is 2.20. The van der Waals surface area contributed by atoms with Crippen LogP contribution in [-0.2, 0) is 16.6 Å². The van der Waals surface area contributed by atoms with Crippen molar-refractivity contribution in [3.8, 4) is 0 Å². The molecule has 0 fully saturated rings. The first kappa shape index (κ1) is 15.8. The van der Waals surface area contributed by atoms with Crippen LogP contribution in [-0.4, -0.2) is 8.42 Å². The summed E-state index contributed by atoms with van der Waals surface area (Å²) in [5.41, 5.74) is 3.64. The Morgan fingerprint density at radius 3 is 2.57 bits per heavy atom. The topological polar surface area (TPSA) is 85.3 Å². The fraction of sp³-hybridized carbons (Fsp3) is 0.333. The van der Waals surface area contributed by atoms with Gasteiger partial charge in [-0.2, -0.15) is 0 Å². The molecular formula is C15H20N2O3S. The summed E-state index contributed by atoms with van der Waals surface area (Å²) in [7, 11) is -3.78. The summed E-state index contributed by atoms with van der Waals surface area (Å²) in [4.78, 5) is 0. The Bertz CT molecular complexity index is 735. The van der Waals surface area contributed by atoms with Gasteiger partial charge in [-0.1, -0.05) is 23.8 Å². The number of primary sulfonamides is 1. The van der Waals surface area contributed by atoms with Gasteiger partial charge in [-0.3, -0.25) is 0 Å². The largest absolute Gasteiger partial charge is 0.447 e. The summed E-state index contributed by atoms with van der Waals surface area (Å²) in [6, 6.07) is 9.43. The maximum absolute atomic E-state index is 11.2. The summed E-state index contributed by atoms with van der Waals surface area (Å²) >= 11 is 0. The number of hydrogen-bond donors (Lipinski definition) is 2. The number of hydrogen-bond acceptors (Lipinski definition) is 4. The van der Waals surface area contributed by atoms with E-state index in [1.165, 1.54) is 22.8 Å². The van der Waals surface area contributed by atoms with E-state index in [2.05, 4.69) is 44.3 Å². The van der Waals surface area contributed by atoms with Crippen molar-refractivity contribution in [2.24, 2.45) is 5.14 Å². The highest BCUT2D eigenvalue weighted by Gasteiger charge is 2.14. The molecule has 114 valence electrons. The van der Waals surface area contributed by atoms with Crippen LogP contribution in [0.1, 0.15) is 35.4 Å². The second kappa shape index (κ2) is 6.01. The molecule has 2 aromatic rings. The first-order valence-electron chi connectivity index (χ1n) is 6.69. The lowest BCUT2D eigenvalue weighted by atomic mass is 10.00. The van der Waals surface area contributed by atoms with Crippen molar-refractivity contribution in [2.75, 3.05) is 0 Å². The zero-order valence-electron chi connectivity index (χ0n) is 12.4. The normalized spacial score (nSPS) is 13.3. The molecule has 0 aliphatic rings. The molecule has 6 heteroatoms. The Hall–Kier alpha value is -1.63. The van der Waals surface area contributed by atoms with Gasteiger partial charge in [0, 0.05) is 6.04 Å². The first-order valence-corrected chi connectivity index (χ1v) is 8.24. The average molecular weight is 308 g/mol. The molecule has 0 saturated carbocycles. The Morgan fingerprint density at radius 1 is 1.24 bits per heavy atom. The van der Waals surface area contributed by atoms with Crippen LogP contribution < -0.4 is 10.5 Å². The van der Waals surface area contributed by atoms with Crippen LogP contribution in [0.5, 0.6) is 0 Å². The van der Waals surface area contributed by atoms with Crippen molar-refractivity contribution < 1.29 is 12.8 Å². The van der Waals surface area contributed by atoms with Crippen LogP contribution in [0.4, 0.5) is 0 Å². The molecule has 0 aliphatic heterocycles. The van der Waals surface area contributed by atoms with Crippen molar-refractivity contribution in [3.05, 3.63) is 52.8 Å². The zero-order chi connectivity index (χ0) is 15.6. The van der Waals surface area contributed by atoms with Gasteiger partial charge in [0.15, 0.2) is 0 Å². The summed E-state index contributed by atoms with van der Waals surface area (Å²) in [5, 5.41) is 8.12. The third-order valence-electron chi connectivity index (χ3n) is 3.40. The number of aryl methyl sites for hydroxylation is 2.